The van der Waals surface area contributed by atoms with E-state index in [1.807, 2.05) is 12.1 Å². The van der Waals surface area contributed by atoms with Gasteiger partial charge in [-0.1, -0.05) is 64.1 Å². The van der Waals surface area contributed by atoms with Crippen molar-refractivity contribution in [1.29, 1.82) is 0 Å². The van der Waals surface area contributed by atoms with E-state index in [0.717, 1.165) is 38.5 Å². The van der Waals surface area contributed by atoms with Crippen LogP contribution in [0.4, 0.5) is 5.69 Å². The maximum atomic E-state index is 12.6. The molecule has 5 heteroatoms. The summed E-state index contributed by atoms with van der Waals surface area (Å²) in [5.74, 6) is 1.01. The quantitative estimate of drug-likeness (QED) is 0.576. The zero-order valence-electron chi connectivity index (χ0n) is 19.5. The summed E-state index contributed by atoms with van der Waals surface area (Å²) in [5, 5.41) is 5.20. The van der Waals surface area contributed by atoms with Gasteiger partial charge in [0.25, 0.3) is 5.91 Å². The number of hydrogen-bond donors (Lipinski definition) is 3. The fraction of sp³-hybridized carbons (Fsp3) is 0.500. The summed E-state index contributed by atoms with van der Waals surface area (Å²) < 4.78 is 5.43. The lowest BCUT2D eigenvalue weighted by atomic mass is 9.93. The summed E-state index contributed by atoms with van der Waals surface area (Å²) in [4.78, 5) is 14.1. The molecular weight excluding hydrogens is 386 g/mol. The van der Waals surface area contributed by atoms with E-state index in [0.29, 0.717) is 18.4 Å². The predicted molar refractivity (Wildman–Crippen MR) is 125 cm³/mol. The summed E-state index contributed by atoms with van der Waals surface area (Å²) in [7, 11) is 0. The summed E-state index contributed by atoms with van der Waals surface area (Å²) in [5.41, 5.74) is 4.79. The third-order valence-electron chi connectivity index (χ3n) is 6.16. The molecule has 2 aromatic carbocycles. The monoisotopic (exact) mass is 425 g/mol. The van der Waals surface area contributed by atoms with E-state index in [4.69, 9.17) is 4.74 Å². The fourth-order valence-corrected chi connectivity index (χ4v) is 4.17. The van der Waals surface area contributed by atoms with Crippen molar-refractivity contribution in [3.63, 3.8) is 0 Å². The molecule has 0 aliphatic carbocycles. The van der Waals surface area contributed by atoms with Gasteiger partial charge < -0.3 is 20.3 Å². The van der Waals surface area contributed by atoms with Gasteiger partial charge in [0.1, 0.15) is 25.7 Å². The number of anilines is 1. The number of amides is 1. The SMILES string of the molecule is CC(C)c1ccc([C@H]([NH2+]CC(=O)Nc2ccc(C[NH+]3CCOCC3)cc2)C(C)C)cc1. The molecule has 31 heavy (non-hydrogen) atoms. The molecule has 3 rings (SSSR count). The Hall–Kier alpha value is -2.21. The Kier molecular flexibility index (Phi) is 8.64. The molecule has 168 valence electrons. The highest BCUT2D eigenvalue weighted by atomic mass is 16.5. The van der Waals surface area contributed by atoms with E-state index in [2.05, 4.69) is 74.7 Å². The first-order valence-electron chi connectivity index (χ1n) is 11.7. The number of morpholine rings is 1. The molecule has 0 radical (unpaired) electrons. The molecule has 5 nitrogen and oxygen atoms in total. The molecule has 4 N–H and O–H groups in total. The van der Waals surface area contributed by atoms with Gasteiger partial charge in [0, 0.05) is 22.7 Å². The first-order chi connectivity index (χ1) is 14.9. The van der Waals surface area contributed by atoms with Gasteiger partial charge in [-0.25, -0.2) is 0 Å². The fourth-order valence-electron chi connectivity index (χ4n) is 4.17. The average molecular weight is 426 g/mol. The van der Waals surface area contributed by atoms with Crippen molar-refractivity contribution >= 4 is 11.6 Å². The second kappa shape index (κ2) is 11.4. The number of nitrogens with one attached hydrogen (secondary N) is 2. The molecule has 1 heterocycles. The van der Waals surface area contributed by atoms with Crippen molar-refractivity contribution < 1.29 is 19.7 Å². The van der Waals surface area contributed by atoms with Crippen molar-refractivity contribution in [3.05, 3.63) is 65.2 Å². The zero-order valence-corrected chi connectivity index (χ0v) is 19.5. The van der Waals surface area contributed by atoms with Crippen LogP contribution in [0.3, 0.4) is 0 Å². The number of rotatable bonds is 9. The molecular formula is C26H39N3O2+2. The first-order valence-corrected chi connectivity index (χ1v) is 11.7. The van der Waals surface area contributed by atoms with Crippen LogP contribution in [0.1, 0.15) is 56.3 Å². The minimum absolute atomic E-state index is 0.0380. The van der Waals surface area contributed by atoms with Crippen molar-refractivity contribution in [2.24, 2.45) is 5.92 Å². The van der Waals surface area contributed by atoms with E-state index < -0.39 is 0 Å². The highest BCUT2D eigenvalue weighted by molar-refractivity contribution is 5.91. The predicted octanol–water partition coefficient (Wildman–Crippen LogP) is 2.12. The minimum Gasteiger partial charge on any atom is -0.370 e. The normalized spacial score (nSPS) is 15.9. The Morgan fingerprint density at radius 3 is 2.16 bits per heavy atom. The van der Waals surface area contributed by atoms with Crippen LogP contribution in [0.2, 0.25) is 0 Å². The Bertz CT molecular complexity index is 810. The third-order valence-corrected chi connectivity index (χ3v) is 6.16. The van der Waals surface area contributed by atoms with Crippen LogP contribution in [0, 0.1) is 5.92 Å². The molecule has 0 unspecified atom stereocenters. The largest absolute Gasteiger partial charge is 0.370 e. The molecule has 0 saturated carbocycles. The van der Waals surface area contributed by atoms with Crippen LogP contribution >= 0.6 is 0 Å². The Morgan fingerprint density at radius 1 is 0.968 bits per heavy atom. The summed E-state index contributed by atoms with van der Waals surface area (Å²) in [6, 6.07) is 17.4. The topological polar surface area (TPSA) is 59.4 Å². The lowest BCUT2D eigenvalue weighted by molar-refractivity contribution is -0.921. The standard InChI is InChI=1S/C26H37N3O2/c1-19(2)22-7-9-23(10-8-22)26(20(3)4)27-17-25(30)28-24-11-5-21(6-12-24)18-29-13-15-31-16-14-29/h5-12,19-20,26-27H,13-18H2,1-4H3,(H,28,30)/p+2/t26-/m1/s1. The highest BCUT2D eigenvalue weighted by Gasteiger charge is 2.21. The first kappa shape index (κ1) is 23.5. The Balaban J connectivity index is 1.50. The zero-order chi connectivity index (χ0) is 22.2. The van der Waals surface area contributed by atoms with Crippen molar-refractivity contribution in [2.75, 3.05) is 38.2 Å². The number of carbonyl (C=O) groups is 1. The maximum Gasteiger partial charge on any atom is 0.279 e. The molecule has 0 bridgehead atoms. The molecule has 1 fully saturated rings. The van der Waals surface area contributed by atoms with Crippen LogP contribution in [-0.4, -0.2) is 38.8 Å². The summed E-state index contributed by atoms with van der Waals surface area (Å²) in [6.07, 6.45) is 0. The molecule has 2 aromatic rings. The molecule has 1 atom stereocenters. The van der Waals surface area contributed by atoms with Crippen molar-refractivity contribution in [1.82, 2.24) is 0 Å². The van der Waals surface area contributed by atoms with E-state index in [1.165, 1.54) is 16.7 Å². The van der Waals surface area contributed by atoms with E-state index in [-0.39, 0.29) is 11.9 Å². The molecule has 1 saturated heterocycles. The van der Waals surface area contributed by atoms with Crippen LogP contribution in [0.15, 0.2) is 48.5 Å². The number of hydrogen-bond acceptors (Lipinski definition) is 2. The van der Waals surface area contributed by atoms with Gasteiger partial charge in [-0.05, 0) is 23.6 Å². The molecule has 0 aromatic heterocycles. The van der Waals surface area contributed by atoms with Gasteiger partial charge in [0.2, 0.25) is 0 Å². The van der Waals surface area contributed by atoms with Gasteiger partial charge in [-0.3, -0.25) is 4.79 Å². The van der Waals surface area contributed by atoms with Crippen LogP contribution in [0.25, 0.3) is 0 Å². The van der Waals surface area contributed by atoms with Crippen LogP contribution in [0.5, 0.6) is 0 Å². The summed E-state index contributed by atoms with van der Waals surface area (Å²) >= 11 is 0. The van der Waals surface area contributed by atoms with Gasteiger partial charge >= 0.3 is 0 Å². The number of ether oxygens (including phenoxy) is 1. The Labute approximate surface area is 187 Å². The summed E-state index contributed by atoms with van der Waals surface area (Å²) in [6.45, 7) is 14.1. The van der Waals surface area contributed by atoms with Crippen molar-refractivity contribution in [3.8, 4) is 0 Å². The van der Waals surface area contributed by atoms with Crippen LogP contribution < -0.4 is 15.5 Å². The van der Waals surface area contributed by atoms with Crippen LogP contribution in [-0.2, 0) is 16.1 Å². The molecule has 1 aliphatic heterocycles. The van der Waals surface area contributed by atoms with E-state index in [9.17, 15) is 4.79 Å². The number of nitrogens with two attached hydrogens (primary N) is 1. The lowest BCUT2D eigenvalue weighted by Gasteiger charge is -2.23. The second-order valence-corrected chi connectivity index (χ2v) is 9.32. The third kappa shape index (κ3) is 7.17. The molecule has 1 aliphatic rings. The second-order valence-electron chi connectivity index (χ2n) is 9.32. The van der Waals surface area contributed by atoms with E-state index in [1.54, 1.807) is 4.90 Å². The van der Waals surface area contributed by atoms with Gasteiger partial charge in [0.15, 0.2) is 6.54 Å². The van der Waals surface area contributed by atoms with Crippen molar-refractivity contribution in [2.45, 2.75) is 46.2 Å². The number of carbonyl (C=O) groups excluding carboxylic acids is 1. The van der Waals surface area contributed by atoms with Gasteiger partial charge in [0.05, 0.1) is 13.2 Å². The number of benzene rings is 2. The highest BCUT2D eigenvalue weighted by Crippen LogP contribution is 2.21. The molecule has 0 spiro atoms. The van der Waals surface area contributed by atoms with E-state index >= 15 is 0 Å². The maximum absolute atomic E-state index is 12.6. The number of quaternary nitrogens is 2. The lowest BCUT2D eigenvalue weighted by Crippen LogP contribution is -3.12. The van der Waals surface area contributed by atoms with Gasteiger partial charge in [-0.15, -0.1) is 0 Å². The minimum atomic E-state index is 0.0380. The smallest absolute Gasteiger partial charge is 0.279 e. The Morgan fingerprint density at radius 2 is 1.58 bits per heavy atom. The van der Waals surface area contributed by atoms with Gasteiger partial charge in [-0.2, -0.15) is 0 Å². The average Bonchev–Trinajstić information content (AvgIpc) is 2.76. The molecule has 1 amide bonds.